The van der Waals surface area contributed by atoms with Crippen LogP contribution in [0, 0.1) is 5.92 Å². The minimum atomic E-state index is 0.371. The van der Waals surface area contributed by atoms with E-state index < -0.39 is 0 Å². The van der Waals surface area contributed by atoms with Crippen LogP contribution in [0.25, 0.3) is 6.08 Å². The Labute approximate surface area is 145 Å². The molecule has 2 aromatic rings. The SMILES string of the molecule is CN(C)CC1CC/C(=C/c2ccccc2)CC1c1cccc(O)c1. The van der Waals surface area contributed by atoms with Gasteiger partial charge in [0.05, 0.1) is 0 Å². The first-order chi connectivity index (χ1) is 11.6. The Morgan fingerprint density at radius 2 is 1.88 bits per heavy atom. The fourth-order valence-electron chi connectivity index (χ4n) is 3.87. The number of allylic oxidation sites excluding steroid dienone is 1. The van der Waals surface area contributed by atoms with Crippen molar-refractivity contribution in [3.8, 4) is 5.75 Å². The Bertz CT molecular complexity index is 690. The highest BCUT2D eigenvalue weighted by molar-refractivity contribution is 5.53. The van der Waals surface area contributed by atoms with E-state index in [4.69, 9.17) is 0 Å². The molecule has 2 atom stereocenters. The number of hydrogen-bond donors (Lipinski definition) is 1. The largest absolute Gasteiger partial charge is 0.508 e. The molecule has 1 saturated carbocycles. The number of benzene rings is 2. The van der Waals surface area contributed by atoms with Gasteiger partial charge in [0.15, 0.2) is 0 Å². The molecule has 126 valence electrons. The second-order valence-corrected chi connectivity index (χ2v) is 7.18. The lowest BCUT2D eigenvalue weighted by molar-refractivity contribution is 0.256. The summed E-state index contributed by atoms with van der Waals surface area (Å²) in [6.45, 7) is 1.10. The van der Waals surface area contributed by atoms with Gasteiger partial charge in [0.2, 0.25) is 0 Å². The van der Waals surface area contributed by atoms with E-state index in [2.05, 4.69) is 61.5 Å². The average molecular weight is 321 g/mol. The molecule has 0 amide bonds. The normalized spacial score (nSPS) is 22.9. The summed E-state index contributed by atoms with van der Waals surface area (Å²) in [4.78, 5) is 2.28. The van der Waals surface area contributed by atoms with Gasteiger partial charge >= 0.3 is 0 Å². The van der Waals surface area contributed by atoms with Crippen LogP contribution in [0.4, 0.5) is 0 Å². The van der Waals surface area contributed by atoms with Crippen LogP contribution in [-0.2, 0) is 0 Å². The zero-order chi connectivity index (χ0) is 16.9. The van der Waals surface area contributed by atoms with Crippen LogP contribution < -0.4 is 0 Å². The Balaban J connectivity index is 1.86. The van der Waals surface area contributed by atoms with Crippen molar-refractivity contribution in [3.05, 3.63) is 71.3 Å². The van der Waals surface area contributed by atoms with E-state index in [0.29, 0.717) is 17.6 Å². The van der Waals surface area contributed by atoms with Gasteiger partial charge in [-0.05, 0) is 68.5 Å². The molecule has 24 heavy (non-hydrogen) atoms. The van der Waals surface area contributed by atoms with E-state index in [1.807, 2.05) is 12.1 Å². The van der Waals surface area contributed by atoms with E-state index in [1.165, 1.54) is 29.5 Å². The standard InChI is InChI=1S/C22H27NO/c1-23(2)16-20-12-11-18(13-17-7-4-3-5-8-17)14-22(20)19-9-6-10-21(24)15-19/h3-10,13,15,20,22,24H,11-12,14,16H2,1-2H3/b18-13-. The Kier molecular flexibility index (Phi) is 5.37. The molecule has 0 heterocycles. The lowest BCUT2D eigenvalue weighted by atomic mass is 9.73. The maximum Gasteiger partial charge on any atom is 0.115 e. The zero-order valence-corrected chi connectivity index (χ0v) is 14.7. The van der Waals surface area contributed by atoms with Crippen LogP contribution in [0.3, 0.4) is 0 Å². The molecular weight excluding hydrogens is 294 g/mol. The quantitative estimate of drug-likeness (QED) is 0.864. The van der Waals surface area contributed by atoms with Crippen LogP contribution in [0.2, 0.25) is 0 Å². The van der Waals surface area contributed by atoms with Crippen molar-refractivity contribution < 1.29 is 5.11 Å². The topological polar surface area (TPSA) is 23.5 Å². The summed E-state index contributed by atoms with van der Waals surface area (Å²) in [5.41, 5.74) is 4.07. The summed E-state index contributed by atoms with van der Waals surface area (Å²) >= 11 is 0. The first-order valence-corrected chi connectivity index (χ1v) is 8.80. The van der Waals surface area contributed by atoms with E-state index >= 15 is 0 Å². The molecule has 2 unspecified atom stereocenters. The molecule has 2 nitrogen and oxygen atoms in total. The van der Waals surface area contributed by atoms with E-state index in [1.54, 1.807) is 6.07 Å². The summed E-state index contributed by atoms with van der Waals surface area (Å²) < 4.78 is 0. The van der Waals surface area contributed by atoms with Gasteiger partial charge < -0.3 is 10.0 Å². The average Bonchev–Trinajstić information content (AvgIpc) is 2.57. The smallest absolute Gasteiger partial charge is 0.115 e. The van der Waals surface area contributed by atoms with Crippen LogP contribution in [0.1, 0.15) is 36.3 Å². The van der Waals surface area contributed by atoms with Gasteiger partial charge in [-0.25, -0.2) is 0 Å². The van der Waals surface area contributed by atoms with Crippen molar-refractivity contribution >= 4 is 6.08 Å². The molecule has 0 aromatic heterocycles. The van der Waals surface area contributed by atoms with Crippen LogP contribution in [0.5, 0.6) is 5.75 Å². The number of aromatic hydroxyl groups is 1. The molecule has 1 aliphatic rings. The summed E-state index contributed by atoms with van der Waals surface area (Å²) in [5, 5.41) is 9.89. The summed E-state index contributed by atoms with van der Waals surface area (Å²) in [7, 11) is 4.30. The van der Waals surface area contributed by atoms with Gasteiger partial charge in [-0.1, -0.05) is 54.1 Å². The molecule has 0 saturated heterocycles. The van der Waals surface area contributed by atoms with Crippen LogP contribution in [0.15, 0.2) is 60.2 Å². The highest BCUT2D eigenvalue weighted by Crippen LogP contribution is 2.41. The summed E-state index contributed by atoms with van der Waals surface area (Å²) in [5.74, 6) is 1.48. The fraction of sp³-hybridized carbons (Fsp3) is 0.364. The molecule has 3 rings (SSSR count). The molecule has 0 aliphatic heterocycles. The molecule has 0 bridgehead atoms. The summed E-state index contributed by atoms with van der Waals surface area (Å²) in [6.07, 6.45) is 5.80. The second-order valence-electron chi connectivity index (χ2n) is 7.18. The predicted octanol–water partition coefficient (Wildman–Crippen LogP) is 4.92. The van der Waals surface area contributed by atoms with Gasteiger partial charge in [-0.15, -0.1) is 0 Å². The minimum absolute atomic E-state index is 0.371. The third kappa shape index (κ3) is 4.27. The first-order valence-electron chi connectivity index (χ1n) is 8.80. The second kappa shape index (κ2) is 7.67. The Morgan fingerprint density at radius 1 is 1.08 bits per heavy atom. The Hall–Kier alpha value is -2.06. The van der Waals surface area contributed by atoms with Gasteiger partial charge in [0, 0.05) is 6.54 Å². The van der Waals surface area contributed by atoms with Crippen molar-refractivity contribution in [2.24, 2.45) is 5.92 Å². The molecule has 2 heteroatoms. The molecule has 0 radical (unpaired) electrons. The van der Waals surface area contributed by atoms with Crippen molar-refractivity contribution in [2.45, 2.75) is 25.2 Å². The van der Waals surface area contributed by atoms with E-state index in [9.17, 15) is 5.11 Å². The maximum atomic E-state index is 9.89. The third-order valence-electron chi connectivity index (χ3n) is 4.96. The number of hydrogen-bond acceptors (Lipinski definition) is 2. The zero-order valence-electron chi connectivity index (χ0n) is 14.7. The van der Waals surface area contributed by atoms with Gasteiger partial charge in [0.25, 0.3) is 0 Å². The maximum absolute atomic E-state index is 9.89. The van der Waals surface area contributed by atoms with Gasteiger partial charge in [-0.2, -0.15) is 0 Å². The highest BCUT2D eigenvalue weighted by atomic mass is 16.3. The molecule has 1 aliphatic carbocycles. The van der Waals surface area contributed by atoms with Crippen molar-refractivity contribution in [2.75, 3.05) is 20.6 Å². The van der Waals surface area contributed by atoms with Crippen molar-refractivity contribution in [3.63, 3.8) is 0 Å². The predicted molar refractivity (Wildman–Crippen MR) is 101 cm³/mol. The molecule has 1 N–H and O–H groups in total. The number of rotatable bonds is 4. The Morgan fingerprint density at radius 3 is 2.58 bits per heavy atom. The first kappa shape index (κ1) is 16.8. The van der Waals surface area contributed by atoms with E-state index in [-0.39, 0.29) is 0 Å². The number of phenols is 1. The summed E-state index contributed by atoms with van der Waals surface area (Å²) in [6, 6.07) is 18.4. The van der Waals surface area contributed by atoms with Crippen molar-refractivity contribution in [1.82, 2.24) is 4.90 Å². The van der Waals surface area contributed by atoms with Crippen LogP contribution in [-0.4, -0.2) is 30.6 Å². The van der Waals surface area contributed by atoms with Crippen molar-refractivity contribution in [1.29, 1.82) is 0 Å². The lowest BCUT2D eigenvalue weighted by Gasteiger charge is -2.35. The minimum Gasteiger partial charge on any atom is -0.508 e. The molecule has 0 spiro atoms. The lowest BCUT2D eigenvalue weighted by Crippen LogP contribution is -2.29. The molecular formula is C22H27NO. The highest BCUT2D eigenvalue weighted by Gasteiger charge is 2.29. The van der Waals surface area contributed by atoms with Crippen LogP contribution >= 0.6 is 0 Å². The number of nitrogens with zero attached hydrogens (tertiary/aromatic N) is 1. The third-order valence-corrected chi connectivity index (χ3v) is 4.96. The fourth-order valence-corrected chi connectivity index (χ4v) is 3.87. The van der Waals surface area contributed by atoms with E-state index in [0.717, 1.165) is 13.0 Å². The molecule has 1 fully saturated rings. The number of phenolic OH excluding ortho intramolecular Hbond substituents is 1. The monoisotopic (exact) mass is 321 g/mol. The van der Waals surface area contributed by atoms with Gasteiger partial charge in [-0.3, -0.25) is 0 Å². The van der Waals surface area contributed by atoms with Gasteiger partial charge in [0.1, 0.15) is 5.75 Å². The molecule has 2 aromatic carbocycles.